The van der Waals surface area contributed by atoms with Gasteiger partial charge in [0.15, 0.2) is 0 Å². The van der Waals surface area contributed by atoms with Crippen LogP contribution in [0.15, 0.2) is 36.4 Å². The van der Waals surface area contributed by atoms with Gasteiger partial charge in [-0.05, 0) is 43.0 Å². The van der Waals surface area contributed by atoms with Gasteiger partial charge in [-0.1, -0.05) is 38.1 Å². The summed E-state index contributed by atoms with van der Waals surface area (Å²) in [5.41, 5.74) is 2.77. The summed E-state index contributed by atoms with van der Waals surface area (Å²) >= 11 is 1.87. The number of benzene rings is 1. The molecule has 1 heterocycles. The van der Waals surface area contributed by atoms with Crippen molar-refractivity contribution in [3.63, 3.8) is 0 Å². The minimum Gasteiger partial charge on any atom is -0.305 e. The van der Waals surface area contributed by atoms with Gasteiger partial charge in [0.25, 0.3) is 0 Å². The number of thiophene rings is 1. The molecule has 2 rings (SSSR count). The lowest BCUT2D eigenvalue weighted by Crippen LogP contribution is -2.17. The average molecular weight is 273 g/mol. The molecule has 19 heavy (non-hydrogen) atoms. The molecular formula is C17H23NS. The Labute approximate surface area is 120 Å². The molecule has 1 nitrogen and oxygen atoms in total. The lowest BCUT2D eigenvalue weighted by atomic mass is 9.99. The highest BCUT2D eigenvalue weighted by atomic mass is 32.1. The molecule has 0 saturated carbocycles. The summed E-state index contributed by atoms with van der Waals surface area (Å²) < 4.78 is 0. The van der Waals surface area contributed by atoms with Gasteiger partial charge < -0.3 is 5.32 Å². The summed E-state index contributed by atoms with van der Waals surface area (Å²) in [6.45, 7) is 9.80. The number of nitrogens with one attached hydrogen (secondary N) is 1. The Hall–Kier alpha value is -1.12. The zero-order chi connectivity index (χ0) is 13.8. The van der Waals surface area contributed by atoms with Gasteiger partial charge in [-0.25, -0.2) is 0 Å². The fourth-order valence-electron chi connectivity index (χ4n) is 2.12. The third-order valence-corrected chi connectivity index (χ3v) is 4.48. The predicted octanol–water partition coefficient (Wildman–Crippen LogP) is 5.03. The Bertz CT molecular complexity index is 510. The van der Waals surface area contributed by atoms with E-state index in [-0.39, 0.29) is 0 Å². The average Bonchev–Trinajstić information content (AvgIpc) is 2.82. The van der Waals surface area contributed by atoms with Crippen LogP contribution >= 0.6 is 11.3 Å². The Morgan fingerprint density at radius 3 is 2.11 bits per heavy atom. The van der Waals surface area contributed by atoms with Crippen molar-refractivity contribution in [1.29, 1.82) is 0 Å². The van der Waals surface area contributed by atoms with Crippen molar-refractivity contribution in [2.45, 2.75) is 46.2 Å². The molecule has 0 aliphatic heterocycles. The smallest absolute Gasteiger partial charge is 0.0305 e. The van der Waals surface area contributed by atoms with Crippen LogP contribution in [0, 0.1) is 6.92 Å². The van der Waals surface area contributed by atoms with Gasteiger partial charge >= 0.3 is 0 Å². The molecule has 2 heteroatoms. The van der Waals surface area contributed by atoms with E-state index in [0.717, 1.165) is 6.54 Å². The van der Waals surface area contributed by atoms with E-state index in [2.05, 4.69) is 69.4 Å². The summed E-state index contributed by atoms with van der Waals surface area (Å²) in [5.74, 6) is 0.603. The van der Waals surface area contributed by atoms with Gasteiger partial charge in [-0.2, -0.15) is 0 Å². The van der Waals surface area contributed by atoms with Gasteiger partial charge in [0.05, 0.1) is 0 Å². The minimum absolute atomic E-state index is 0.392. The zero-order valence-corrected chi connectivity index (χ0v) is 13.1. The van der Waals surface area contributed by atoms with Crippen molar-refractivity contribution in [2.75, 3.05) is 0 Å². The van der Waals surface area contributed by atoms with Crippen molar-refractivity contribution < 1.29 is 0 Å². The van der Waals surface area contributed by atoms with Crippen molar-refractivity contribution in [3.05, 3.63) is 57.3 Å². The Balaban J connectivity index is 1.94. The van der Waals surface area contributed by atoms with E-state index in [1.165, 1.54) is 20.9 Å². The molecule has 102 valence electrons. The van der Waals surface area contributed by atoms with E-state index >= 15 is 0 Å². The molecule has 0 amide bonds. The first kappa shape index (κ1) is 14.3. The Morgan fingerprint density at radius 2 is 1.58 bits per heavy atom. The summed E-state index contributed by atoms with van der Waals surface area (Å²) in [4.78, 5) is 2.79. The summed E-state index contributed by atoms with van der Waals surface area (Å²) in [6.07, 6.45) is 0. The van der Waals surface area contributed by atoms with Crippen LogP contribution in [0.3, 0.4) is 0 Å². The van der Waals surface area contributed by atoms with Crippen molar-refractivity contribution in [3.8, 4) is 0 Å². The SMILES string of the molecule is Cc1ccc(CNC(C)c2ccc(C(C)C)cc2)s1. The normalized spacial score (nSPS) is 12.9. The second kappa shape index (κ2) is 6.36. The zero-order valence-electron chi connectivity index (χ0n) is 12.2. The van der Waals surface area contributed by atoms with Crippen LogP contribution in [0.25, 0.3) is 0 Å². The largest absolute Gasteiger partial charge is 0.305 e. The third kappa shape index (κ3) is 3.92. The van der Waals surface area contributed by atoms with Gasteiger partial charge in [0.2, 0.25) is 0 Å². The maximum atomic E-state index is 3.59. The standard InChI is InChI=1S/C17H23NS/c1-12(2)15-6-8-16(9-7-15)14(4)18-11-17-10-5-13(3)19-17/h5-10,12,14,18H,11H2,1-4H3. The van der Waals surface area contributed by atoms with E-state index in [1.54, 1.807) is 0 Å². The van der Waals surface area contributed by atoms with E-state index in [4.69, 9.17) is 0 Å². The number of aryl methyl sites for hydroxylation is 1. The molecule has 1 aromatic carbocycles. The summed E-state index contributed by atoms with van der Waals surface area (Å²) in [5, 5.41) is 3.59. The second-order valence-electron chi connectivity index (χ2n) is 5.44. The van der Waals surface area contributed by atoms with Crippen LogP contribution < -0.4 is 5.32 Å². The van der Waals surface area contributed by atoms with E-state index < -0.39 is 0 Å². The molecular weight excluding hydrogens is 250 g/mol. The van der Waals surface area contributed by atoms with Crippen LogP contribution in [-0.2, 0) is 6.54 Å². The summed E-state index contributed by atoms with van der Waals surface area (Å²) in [7, 11) is 0. The first-order valence-corrected chi connectivity index (χ1v) is 7.76. The molecule has 0 spiro atoms. The number of hydrogen-bond donors (Lipinski definition) is 1. The molecule has 0 aliphatic rings. The minimum atomic E-state index is 0.392. The van der Waals surface area contributed by atoms with Gasteiger partial charge in [-0.15, -0.1) is 11.3 Å². The fraction of sp³-hybridized carbons (Fsp3) is 0.412. The maximum absolute atomic E-state index is 3.59. The van der Waals surface area contributed by atoms with Crippen LogP contribution in [-0.4, -0.2) is 0 Å². The van der Waals surface area contributed by atoms with Gasteiger partial charge in [0.1, 0.15) is 0 Å². The monoisotopic (exact) mass is 273 g/mol. The highest BCUT2D eigenvalue weighted by molar-refractivity contribution is 7.11. The van der Waals surface area contributed by atoms with Crippen LogP contribution in [0.5, 0.6) is 0 Å². The Kier molecular flexibility index (Phi) is 4.78. The van der Waals surface area contributed by atoms with Crippen LogP contribution in [0.1, 0.15) is 53.6 Å². The maximum Gasteiger partial charge on any atom is 0.0305 e. The van der Waals surface area contributed by atoms with Crippen molar-refractivity contribution in [1.82, 2.24) is 5.32 Å². The van der Waals surface area contributed by atoms with E-state index in [1.807, 2.05) is 11.3 Å². The quantitative estimate of drug-likeness (QED) is 0.805. The molecule has 0 fully saturated rings. The first-order valence-electron chi connectivity index (χ1n) is 6.95. The fourth-order valence-corrected chi connectivity index (χ4v) is 2.96. The van der Waals surface area contributed by atoms with Gasteiger partial charge in [-0.3, -0.25) is 0 Å². The lowest BCUT2D eigenvalue weighted by molar-refractivity contribution is 0.578. The molecule has 0 radical (unpaired) electrons. The van der Waals surface area contributed by atoms with Crippen LogP contribution in [0.2, 0.25) is 0 Å². The molecule has 0 saturated heterocycles. The summed E-state index contributed by atoms with van der Waals surface area (Å²) in [6, 6.07) is 13.8. The molecule has 1 unspecified atom stereocenters. The molecule has 0 bridgehead atoms. The highest BCUT2D eigenvalue weighted by Crippen LogP contribution is 2.20. The molecule has 2 aromatic rings. The number of hydrogen-bond acceptors (Lipinski definition) is 2. The van der Waals surface area contributed by atoms with Crippen molar-refractivity contribution >= 4 is 11.3 Å². The second-order valence-corrected chi connectivity index (χ2v) is 6.81. The predicted molar refractivity (Wildman–Crippen MR) is 84.8 cm³/mol. The number of rotatable bonds is 5. The van der Waals surface area contributed by atoms with E-state index in [0.29, 0.717) is 12.0 Å². The highest BCUT2D eigenvalue weighted by Gasteiger charge is 2.06. The first-order chi connectivity index (χ1) is 9.06. The van der Waals surface area contributed by atoms with Crippen molar-refractivity contribution in [2.24, 2.45) is 0 Å². The molecule has 1 N–H and O–H groups in total. The lowest BCUT2D eigenvalue weighted by Gasteiger charge is -2.15. The molecule has 1 aromatic heterocycles. The Morgan fingerprint density at radius 1 is 0.947 bits per heavy atom. The van der Waals surface area contributed by atoms with Crippen LogP contribution in [0.4, 0.5) is 0 Å². The van der Waals surface area contributed by atoms with E-state index in [9.17, 15) is 0 Å². The topological polar surface area (TPSA) is 12.0 Å². The van der Waals surface area contributed by atoms with Gasteiger partial charge in [0, 0.05) is 22.3 Å². The molecule has 1 atom stereocenters. The third-order valence-electron chi connectivity index (χ3n) is 3.48. The molecule has 0 aliphatic carbocycles.